The third kappa shape index (κ3) is 5.16. The summed E-state index contributed by atoms with van der Waals surface area (Å²) in [4.78, 5) is 16.7. The van der Waals surface area contributed by atoms with Crippen molar-refractivity contribution in [2.45, 2.75) is 37.0 Å². The smallest absolute Gasteiger partial charge is 0.273 e. The average molecular weight is 583 g/mol. The number of aliphatic imine (C=N–C) groups is 1. The molecule has 1 aliphatic rings. The molecule has 206 valence electrons. The zero-order chi connectivity index (χ0) is 28.8. The van der Waals surface area contributed by atoms with Gasteiger partial charge in [0.2, 0.25) is 0 Å². The number of hydrogen-bond acceptors (Lipinski definition) is 5. The molecule has 0 aliphatic heterocycles. The van der Waals surface area contributed by atoms with E-state index in [9.17, 15) is 13.2 Å². The number of pyridine rings is 2. The number of aryl methyl sites for hydroxylation is 1. The maximum absolute atomic E-state index is 15.7. The summed E-state index contributed by atoms with van der Waals surface area (Å²) in [5.74, 6) is -2.00. The molecule has 0 radical (unpaired) electrons. The molecule has 3 aromatic heterocycles. The van der Waals surface area contributed by atoms with Crippen molar-refractivity contribution in [3.8, 4) is 0 Å². The lowest BCUT2D eigenvalue weighted by Crippen LogP contribution is -2.21. The van der Waals surface area contributed by atoms with E-state index in [-0.39, 0.29) is 22.4 Å². The predicted octanol–water partition coefficient (Wildman–Crippen LogP) is 6.06. The summed E-state index contributed by atoms with van der Waals surface area (Å²) in [6.07, 6.45) is 8.98. The number of allylic oxidation sites excluding steroid dienone is 2. The molecular weight excluding hydrogens is 558 g/mol. The molecule has 11 heteroatoms. The Balaban J connectivity index is 1.51. The molecule has 1 aromatic carbocycles. The summed E-state index contributed by atoms with van der Waals surface area (Å²) in [6.45, 7) is 3.28. The van der Waals surface area contributed by atoms with E-state index < -0.39 is 37.6 Å². The minimum atomic E-state index is -3.92. The summed E-state index contributed by atoms with van der Waals surface area (Å²) < 4.78 is 57.7. The van der Waals surface area contributed by atoms with Crippen molar-refractivity contribution >= 4 is 38.9 Å². The SMILES string of the molecule is C/C=C/N=C(/C(F)=C/n1c(C)cc(C2CC2c2ccc3ccnn3c2)c(Cl)c1=O)c1cccc(S(C)(=O)=O)c1F. The van der Waals surface area contributed by atoms with E-state index in [4.69, 9.17) is 11.6 Å². The van der Waals surface area contributed by atoms with Crippen LogP contribution in [0.5, 0.6) is 0 Å². The summed E-state index contributed by atoms with van der Waals surface area (Å²) in [5.41, 5.74) is 1.69. The van der Waals surface area contributed by atoms with E-state index in [1.807, 2.05) is 24.4 Å². The molecular formula is C29H25ClF2N4O3S. The molecule has 4 aromatic rings. The molecule has 5 rings (SSSR count). The number of aromatic nitrogens is 3. The number of benzene rings is 1. The molecule has 7 nitrogen and oxygen atoms in total. The lowest BCUT2D eigenvalue weighted by Gasteiger charge is -2.12. The zero-order valence-electron chi connectivity index (χ0n) is 21.8. The van der Waals surface area contributed by atoms with Gasteiger partial charge in [-0.3, -0.25) is 14.4 Å². The van der Waals surface area contributed by atoms with Gasteiger partial charge in [-0.05, 0) is 73.6 Å². The Morgan fingerprint density at radius 2 is 1.98 bits per heavy atom. The van der Waals surface area contributed by atoms with Crippen molar-refractivity contribution < 1.29 is 17.2 Å². The molecule has 1 saturated carbocycles. The molecule has 1 aliphatic carbocycles. The first kappa shape index (κ1) is 27.7. The van der Waals surface area contributed by atoms with Crippen molar-refractivity contribution in [2.75, 3.05) is 6.26 Å². The summed E-state index contributed by atoms with van der Waals surface area (Å²) in [7, 11) is -3.92. The fourth-order valence-corrected chi connectivity index (χ4v) is 5.84. The van der Waals surface area contributed by atoms with E-state index in [2.05, 4.69) is 10.1 Å². The lowest BCUT2D eigenvalue weighted by molar-refractivity contribution is 0.568. The Kier molecular flexibility index (Phi) is 7.32. The van der Waals surface area contributed by atoms with Crippen LogP contribution < -0.4 is 5.56 Å². The highest BCUT2D eigenvalue weighted by molar-refractivity contribution is 7.90. The Labute approximate surface area is 234 Å². The first-order valence-corrected chi connectivity index (χ1v) is 14.7. The van der Waals surface area contributed by atoms with Gasteiger partial charge < -0.3 is 0 Å². The van der Waals surface area contributed by atoms with Crippen LogP contribution in [0.2, 0.25) is 5.02 Å². The van der Waals surface area contributed by atoms with Crippen LogP contribution in [0.15, 0.2) is 87.6 Å². The Morgan fingerprint density at radius 1 is 1.20 bits per heavy atom. The maximum atomic E-state index is 15.7. The Hall–Kier alpha value is -3.89. The fourth-order valence-electron chi connectivity index (χ4n) is 4.80. The van der Waals surface area contributed by atoms with Crippen LogP contribution in [0.4, 0.5) is 8.78 Å². The summed E-state index contributed by atoms with van der Waals surface area (Å²) >= 11 is 6.52. The lowest BCUT2D eigenvalue weighted by atomic mass is 10.1. The fraction of sp³-hybridized carbons (Fsp3) is 0.207. The van der Waals surface area contributed by atoms with Crippen LogP contribution in [0.1, 0.15) is 47.6 Å². The summed E-state index contributed by atoms with van der Waals surface area (Å²) in [5, 5.41) is 4.25. The molecule has 3 heterocycles. The van der Waals surface area contributed by atoms with Gasteiger partial charge in [-0.2, -0.15) is 5.10 Å². The third-order valence-electron chi connectivity index (χ3n) is 6.88. The first-order chi connectivity index (χ1) is 19.0. The molecule has 0 amide bonds. The highest BCUT2D eigenvalue weighted by Crippen LogP contribution is 2.55. The second-order valence-electron chi connectivity index (χ2n) is 9.67. The van der Waals surface area contributed by atoms with Gasteiger partial charge in [0.1, 0.15) is 15.6 Å². The first-order valence-electron chi connectivity index (χ1n) is 12.4. The van der Waals surface area contributed by atoms with Crippen molar-refractivity contribution in [1.29, 1.82) is 0 Å². The number of halogens is 3. The molecule has 2 atom stereocenters. The Morgan fingerprint density at radius 3 is 2.70 bits per heavy atom. The van der Waals surface area contributed by atoms with E-state index in [1.54, 1.807) is 30.6 Å². The van der Waals surface area contributed by atoms with Crippen molar-refractivity contribution in [1.82, 2.24) is 14.2 Å². The highest BCUT2D eigenvalue weighted by atomic mass is 35.5. The molecule has 0 saturated heterocycles. The second kappa shape index (κ2) is 10.6. The average Bonchev–Trinajstić information content (AvgIpc) is 3.56. The summed E-state index contributed by atoms with van der Waals surface area (Å²) in [6, 6.07) is 11.3. The van der Waals surface area contributed by atoms with E-state index >= 15 is 8.78 Å². The van der Waals surface area contributed by atoms with Crippen LogP contribution in [-0.4, -0.2) is 34.6 Å². The minimum Gasteiger partial charge on any atom is -0.284 e. The van der Waals surface area contributed by atoms with Crippen LogP contribution >= 0.6 is 11.6 Å². The molecule has 0 bridgehead atoms. The Bertz CT molecular complexity index is 1910. The van der Waals surface area contributed by atoms with Crippen molar-refractivity contribution in [3.63, 3.8) is 0 Å². The van der Waals surface area contributed by atoms with E-state index in [1.165, 1.54) is 24.4 Å². The van der Waals surface area contributed by atoms with Gasteiger partial charge >= 0.3 is 0 Å². The van der Waals surface area contributed by atoms with Crippen molar-refractivity contribution in [2.24, 2.45) is 4.99 Å². The predicted molar refractivity (Wildman–Crippen MR) is 152 cm³/mol. The highest BCUT2D eigenvalue weighted by Gasteiger charge is 2.41. The second-order valence-corrected chi connectivity index (χ2v) is 12.0. The number of rotatable bonds is 7. The van der Waals surface area contributed by atoms with Gasteiger partial charge in [0.15, 0.2) is 21.5 Å². The van der Waals surface area contributed by atoms with Crippen LogP contribution in [0, 0.1) is 12.7 Å². The van der Waals surface area contributed by atoms with Gasteiger partial charge in [0.05, 0.1) is 11.7 Å². The zero-order valence-corrected chi connectivity index (χ0v) is 23.4. The van der Waals surface area contributed by atoms with Crippen LogP contribution in [-0.2, 0) is 9.84 Å². The monoisotopic (exact) mass is 582 g/mol. The van der Waals surface area contributed by atoms with Gasteiger partial charge in [0.25, 0.3) is 5.56 Å². The topological polar surface area (TPSA) is 85.8 Å². The van der Waals surface area contributed by atoms with Gasteiger partial charge in [-0.25, -0.2) is 21.7 Å². The normalized spacial score (nSPS) is 18.1. The minimum absolute atomic E-state index is 0.0232. The quantitative estimate of drug-likeness (QED) is 0.248. The number of hydrogen-bond donors (Lipinski definition) is 0. The number of sulfone groups is 1. The largest absolute Gasteiger partial charge is 0.284 e. The number of nitrogens with zero attached hydrogens (tertiary/aromatic N) is 4. The molecule has 2 unspecified atom stereocenters. The maximum Gasteiger partial charge on any atom is 0.273 e. The van der Waals surface area contributed by atoms with Crippen molar-refractivity contribution in [3.05, 3.63) is 117 Å². The molecule has 0 spiro atoms. The van der Waals surface area contributed by atoms with Gasteiger partial charge in [-0.15, -0.1) is 0 Å². The molecule has 40 heavy (non-hydrogen) atoms. The van der Waals surface area contributed by atoms with Crippen LogP contribution in [0.3, 0.4) is 0 Å². The molecule has 0 N–H and O–H groups in total. The van der Waals surface area contributed by atoms with E-state index in [0.29, 0.717) is 11.3 Å². The third-order valence-corrected chi connectivity index (χ3v) is 8.37. The molecule has 1 fully saturated rings. The van der Waals surface area contributed by atoms with Gasteiger partial charge in [-0.1, -0.05) is 29.8 Å². The van der Waals surface area contributed by atoms with Crippen LogP contribution in [0.25, 0.3) is 11.7 Å². The standard InChI is InChI=1S/C29H25ClF2N4O3S/c1-4-11-33-28(20-6-5-7-25(27(20)32)40(3,38)39)24(31)16-35-17(2)13-23(26(30)29(35)37)22-14-21(22)18-8-9-19-10-12-34-36(19)15-18/h4-13,15-16,21-22H,14H2,1-3H3/b11-4+,24-16-,33-28+. The van der Waals surface area contributed by atoms with E-state index in [0.717, 1.165) is 40.6 Å². The number of fused-ring (bicyclic) bond motifs is 1. The van der Waals surface area contributed by atoms with Gasteiger partial charge in [0, 0.05) is 36.1 Å².